The summed E-state index contributed by atoms with van der Waals surface area (Å²) in [6, 6.07) is 11.6. The summed E-state index contributed by atoms with van der Waals surface area (Å²) >= 11 is 0. The average Bonchev–Trinajstić information content (AvgIpc) is 2.38. The quantitative estimate of drug-likeness (QED) is 0.505. The first kappa shape index (κ1) is 12.2. The van der Waals surface area contributed by atoms with Crippen LogP contribution in [0.2, 0.25) is 0 Å². The van der Waals surface area contributed by atoms with Crippen LogP contribution >= 0.6 is 0 Å². The molecular formula is C16H15NO. The maximum atomic E-state index is 12.0. The lowest BCUT2D eigenvalue weighted by Crippen LogP contribution is -2.03. The summed E-state index contributed by atoms with van der Waals surface area (Å²) in [6.07, 6.45) is 1.00. The van der Waals surface area contributed by atoms with Crippen molar-refractivity contribution in [3.63, 3.8) is 0 Å². The highest BCUT2D eigenvalue weighted by Gasteiger charge is 2.10. The van der Waals surface area contributed by atoms with Gasteiger partial charge in [-0.05, 0) is 29.8 Å². The first-order valence-electron chi connectivity index (χ1n) is 5.93. The zero-order valence-electron chi connectivity index (χ0n) is 10.4. The molecule has 2 heteroatoms. The van der Waals surface area contributed by atoms with Crippen molar-refractivity contribution in [2.24, 2.45) is 0 Å². The predicted molar refractivity (Wildman–Crippen MR) is 75.4 cm³/mol. The van der Waals surface area contributed by atoms with Crippen molar-refractivity contribution < 1.29 is 4.79 Å². The van der Waals surface area contributed by atoms with Crippen LogP contribution in [0.15, 0.2) is 36.4 Å². The summed E-state index contributed by atoms with van der Waals surface area (Å²) in [5.41, 5.74) is 7.08. The highest BCUT2D eigenvalue weighted by Crippen LogP contribution is 2.23. The summed E-state index contributed by atoms with van der Waals surface area (Å²) < 4.78 is 0. The molecule has 0 amide bonds. The van der Waals surface area contributed by atoms with Crippen LogP contribution in [0.4, 0.5) is 5.69 Å². The number of fused-ring (bicyclic) bond motifs is 1. The van der Waals surface area contributed by atoms with Crippen LogP contribution in [0.5, 0.6) is 0 Å². The van der Waals surface area contributed by atoms with Crippen molar-refractivity contribution >= 4 is 22.2 Å². The van der Waals surface area contributed by atoms with Gasteiger partial charge in [0.05, 0.1) is 0 Å². The van der Waals surface area contributed by atoms with Crippen LogP contribution in [-0.4, -0.2) is 5.78 Å². The minimum atomic E-state index is 0.0565. The van der Waals surface area contributed by atoms with E-state index in [1.54, 1.807) is 6.92 Å². The van der Waals surface area contributed by atoms with E-state index in [2.05, 4.69) is 11.8 Å². The molecular weight excluding hydrogens is 222 g/mol. The van der Waals surface area contributed by atoms with Gasteiger partial charge in [0.1, 0.15) is 0 Å². The Labute approximate surface area is 107 Å². The van der Waals surface area contributed by atoms with Crippen LogP contribution in [0.3, 0.4) is 0 Å². The molecule has 0 aliphatic rings. The molecule has 2 N–H and O–H groups in total. The molecule has 0 spiro atoms. The third kappa shape index (κ3) is 2.52. The van der Waals surface area contributed by atoms with Gasteiger partial charge in [-0.25, -0.2) is 0 Å². The first-order valence-corrected chi connectivity index (χ1v) is 5.93. The molecule has 0 aromatic heterocycles. The number of carbonyl (C=O) groups is 1. The van der Waals surface area contributed by atoms with E-state index in [-0.39, 0.29) is 5.78 Å². The van der Waals surface area contributed by atoms with Gasteiger partial charge in [0.2, 0.25) is 0 Å². The fourth-order valence-electron chi connectivity index (χ4n) is 1.94. The second-order valence-electron chi connectivity index (χ2n) is 4.14. The predicted octanol–water partition coefficient (Wildman–Crippen LogP) is 3.41. The number of nitrogen functional groups attached to an aromatic ring is 1. The molecule has 0 saturated heterocycles. The second kappa shape index (κ2) is 5.37. The molecule has 0 bridgehead atoms. The van der Waals surface area contributed by atoms with E-state index >= 15 is 0 Å². The molecule has 2 nitrogen and oxygen atoms in total. The highest BCUT2D eigenvalue weighted by molar-refractivity contribution is 6.05. The van der Waals surface area contributed by atoms with Gasteiger partial charge in [-0.2, -0.15) is 0 Å². The number of rotatable bonds is 3. The van der Waals surface area contributed by atoms with E-state index in [1.807, 2.05) is 36.4 Å². The highest BCUT2D eigenvalue weighted by atomic mass is 16.1. The maximum absolute atomic E-state index is 12.0. The van der Waals surface area contributed by atoms with Gasteiger partial charge in [0.25, 0.3) is 0 Å². The van der Waals surface area contributed by atoms with Crippen molar-refractivity contribution in [1.82, 2.24) is 0 Å². The van der Waals surface area contributed by atoms with E-state index in [0.29, 0.717) is 24.1 Å². The van der Waals surface area contributed by atoms with Gasteiger partial charge in [-0.1, -0.05) is 24.3 Å². The minimum absolute atomic E-state index is 0.0565. The molecule has 0 saturated carbocycles. The number of hydrogen-bond donors (Lipinski definition) is 1. The summed E-state index contributed by atoms with van der Waals surface area (Å²) in [5.74, 6) is 5.74. The standard InChI is InChI=1S/C16H15NO/c1-2-3-4-9-16(18)14-10-12-7-5-6-8-13(12)11-15(14)17/h5-8,10-11H,4,9,17H2,1H3. The van der Waals surface area contributed by atoms with Crippen LogP contribution in [0.25, 0.3) is 10.8 Å². The van der Waals surface area contributed by atoms with Gasteiger partial charge in [0, 0.05) is 24.1 Å². The van der Waals surface area contributed by atoms with Crippen LogP contribution in [-0.2, 0) is 0 Å². The molecule has 0 fully saturated rings. The smallest absolute Gasteiger partial charge is 0.165 e. The lowest BCUT2D eigenvalue weighted by Gasteiger charge is -2.06. The third-order valence-electron chi connectivity index (χ3n) is 2.87. The lowest BCUT2D eigenvalue weighted by molar-refractivity contribution is 0.0985. The number of ketones is 1. The van der Waals surface area contributed by atoms with Gasteiger partial charge in [-0.3, -0.25) is 4.79 Å². The Balaban J connectivity index is 2.34. The molecule has 0 heterocycles. The molecule has 18 heavy (non-hydrogen) atoms. The molecule has 0 aliphatic heterocycles. The molecule has 90 valence electrons. The Morgan fingerprint density at radius 3 is 2.56 bits per heavy atom. The van der Waals surface area contributed by atoms with Crippen molar-refractivity contribution in [1.29, 1.82) is 0 Å². The number of carbonyl (C=O) groups excluding carboxylic acids is 1. The third-order valence-corrected chi connectivity index (χ3v) is 2.87. The second-order valence-corrected chi connectivity index (χ2v) is 4.14. The molecule has 0 radical (unpaired) electrons. The lowest BCUT2D eigenvalue weighted by atomic mass is 10.00. The summed E-state index contributed by atoms with van der Waals surface area (Å²) in [7, 11) is 0. The Hall–Kier alpha value is -2.27. The van der Waals surface area contributed by atoms with Crippen LogP contribution in [0.1, 0.15) is 30.1 Å². The van der Waals surface area contributed by atoms with E-state index in [9.17, 15) is 4.79 Å². The first-order chi connectivity index (χ1) is 8.72. The Bertz CT molecular complexity index is 647. The van der Waals surface area contributed by atoms with Crippen LogP contribution in [0, 0.1) is 11.8 Å². The minimum Gasteiger partial charge on any atom is -0.398 e. The van der Waals surface area contributed by atoms with E-state index in [0.717, 1.165) is 10.8 Å². The van der Waals surface area contributed by atoms with E-state index in [1.165, 1.54) is 0 Å². The van der Waals surface area contributed by atoms with Gasteiger partial charge < -0.3 is 5.73 Å². The Morgan fingerprint density at radius 2 is 1.89 bits per heavy atom. The molecule has 2 aromatic rings. The fraction of sp³-hybridized carbons (Fsp3) is 0.188. The summed E-state index contributed by atoms with van der Waals surface area (Å²) in [4.78, 5) is 12.0. The molecule has 2 rings (SSSR count). The van der Waals surface area contributed by atoms with Crippen molar-refractivity contribution in [2.75, 3.05) is 5.73 Å². The van der Waals surface area contributed by atoms with Crippen molar-refractivity contribution in [2.45, 2.75) is 19.8 Å². The SMILES string of the molecule is CC#CCCC(=O)c1cc2ccccc2cc1N. The largest absolute Gasteiger partial charge is 0.398 e. The zero-order valence-corrected chi connectivity index (χ0v) is 10.4. The van der Waals surface area contributed by atoms with Gasteiger partial charge >= 0.3 is 0 Å². The molecule has 0 unspecified atom stereocenters. The average molecular weight is 237 g/mol. The maximum Gasteiger partial charge on any atom is 0.165 e. The van der Waals surface area contributed by atoms with Crippen LogP contribution < -0.4 is 5.73 Å². The Kier molecular flexibility index (Phi) is 3.64. The van der Waals surface area contributed by atoms with Crippen molar-refractivity contribution in [3.8, 4) is 11.8 Å². The van der Waals surface area contributed by atoms with Gasteiger partial charge in [0.15, 0.2) is 5.78 Å². The summed E-state index contributed by atoms with van der Waals surface area (Å²) in [6.45, 7) is 1.77. The number of benzene rings is 2. The summed E-state index contributed by atoms with van der Waals surface area (Å²) in [5, 5.41) is 2.09. The molecule has 2 aromatic carbocycles. The Morgan fingerprint density at radius 1 is 1.22 bits per heavy atom. The van der Waals surface area contributed by atoms with Gasteiger partial charge in [-0.15, -0.1) is 11.8 Å². The topological polar surface area (TPSA) is 43.1 Å². The fourth-order valence-corrected chi connectivity index (χ4v) is 1.94. The normalized spacial score (nSPS) is 9.83. The number of Topliss-reactive ketones (excluding diaryl/α,β-unsaturated/α-hetero) is 1. The number of hydrogen-bond acceptors (Lipinski definition) is 2. The van der Waals surface area contributed by atoms with E-state index < -0.39 is 0 Å². The number of nitrogens with two attached hydrogens (primary N) is 1. The van der Waals surface area contributed by atoms with Crippen molar-refractivity contribution in [3.05, 3.63) is 42.0 Å². The molecule has 0 atom stereocenters. The number of anilines is 1. The van der Waals surface area contributed by atoms with E-state index in [4.69, 9.17) is 5.73 Å². The zero-order chi connectivity index (χ0) is 13.0. The molecule has 0 aliphatic carbocycles. The monoisotopic (exact) mass is 237 g/mol.